The molecule has 0 bridgehead atoms. The molecule has 0 saturated heterocycles. The number of benzene rings is 1. The molecule has 0 atom stereocenters. The number of nitrogens with two attached hydrogens (primary N) is 1. The van der Waals surface area contributed by atoms with Gasteiger partial charge in [-0.25, -0.2) is 9.97 Å². The number of nitro groups is 1. The third-order valence-electron chi connectivity index (χ3n) is 2.45. The van der Waals surface area contributed by atoms with Crippen molar-refractivity contribution in [3.8, 4) is 0 Å². The Balaban J connectivity index is 2.70. The van der Waals surface area contributed by atoms with Crippen LogP contribution in [0.1, 0.15) is 25.6 Å². The van der Waals surface area contributed by atoms with Gasteiger partial charge in [0.25, 0.3) is 5.69 Å². The van der Waals surface area contributed by atoms with Crippen LogP contribution in [0.15, 0.2) is 18.2 Å². The molecule has 0 fully saturated rings. The van der Waals surface area contributed by atoms with Gasteiger partial charge in [0.05, 0.1) is 10.4 Å². The van der Waals surface area contributed by atoms with E-state index < -0.39 is 4.92 Å². The molecule has 0 radical (unpaired) electrons. The lowest BCUT2D eigenvalue weighted by atomic mass is 10.1. The summed E-state index contributed by atoms with van der Waals surface area (Å²) in [7, 11) is 0. The van der Waals surface area contributed by atoms with Crippen molar-refractivity contribution in [2.75, 3.05) is 5.73 Å². The lowest BCUT2D eigenvalue weighted by molar-refractivity contribution is -0.384. The molecule has 0 amide bonds. The van der Waals surface area contributed by atoms with Gasteiger partial charge in [-0.05, 0) is 6.07 Å². The van der Waals surface area contributed by atoms with Gasteiger partial charge in [0.15, 0.2) is 0 Å². The largest absolute Gasteiger partial charge is 0.383 e. The molecule has 6 heteroatoms. The SMILES string of the molecule is CC(C)c1nc(N)c2ccc([N+](=O)[O-])cc2n1. The Kier molecular flexibility index (Phi) is 2.63. The van der Waals surface area contributed by atoms with Crippen LogP contribution in [0.3, 0.4) is 0 Å². The van der Waals surface area contributed by atoms with E-state index in [1.165, 1.54) is 12.1 Å². The summed E-state index contributed by atoms with van der Waals surface area (Å²) in [6.45, 7) is 3.88. The van der Waals surface area contributed by atoms with E-state index in [2.05, 4.69) is 9.97 Å². The maximum absolute atomic E-state index is 10.7. The molecular weight excluding hydrogens is 220 g/mol. The van der Waals surface area contributed by atoms with E-state index in [1.54, 1.807) is 6.07 Å². The molecule has 0 unspecified atom stereocenters. The normalized spacial score (nSPS) is 11.0. The first kappa shape index (κ1) is 11.3. The van der Waals surface area contributed by atoms with E-state index in [0.29, 0.717) is 22.5 Å². The van der Waals surface area contributed by atoms with E-state index >= 15 is 0 Å². The third-order valence-corrected chi connectivity index (χ3v) is 2.45. The minimum Gasteiger partial charge on any atom is -0.383 e. The van der Waals surface area contributed by atoms with Gasteiger partial charge in [-0.3, -0.25) is 10.1 Å². The molecule has 0 spiro atoms. The summed E-state index contributed by atoms with van der Waals surface area (Å²) in [5, 5.41) is 11.3. The number of hydrogen-bond donors (Lipinski definition) is 1. The minimum atomic E-state index is -0.452. The van der Waals surface area contributed by atoms with Gasteiger partial charge < -0.3 is 5.73 Å². The number of rotatable bonds is 2. The molecular formula is C11H12N4O2. The smallest absolute Gasteiger partial charge is 0.271 e. The topological polar surface area (TPSA) is 94.9 Å². The van der Waals surface area contributed by atoms with Crippen molar-refractivity contribution in [3.63, 3.8) is 0 Å². The number of nitrogens with zero attached hydrogens (tertiary/aromatic N) is 3. The summed E-state index contributed by atoms with van der Waals surface area (Å²) >= 11 is 0. The van der Waals surface area contributed by atoms with Crippen molar-refractivity contribution >= 4 is 22.4 Å². The Morgan fingerprint density at radius 1 is 1.35 bits per heavy atom. The summed E-state index contributed by atoms with van der Waals surface area (Å²) in [6, 6.07) is 4.39. The molecule has 1 aromatic carbocycles. The zero-order chi connectivity index (χ0) is 12.6. The fraction of sp³-hybridized carbons (Fsp3) is 0.273. The summed E-state index contributed by atoms with van der Waals surface area (Å²) in [5.74, 6) is 1.07. The van der Waals surface area contributed by atoms with Gasteiger partial charge in [-0.15, -0.1) is 0 Å². The Labute approximate surface area is 97.6 Å². The molecule has 0 saturated carbocycles. The third kappa shape index (κ3) is 2.01. The van der Waals surface area contributed by atoms with E-state index in [4.69, 9.17) is 5.73 Å². The van der Waals surface area contributed by atoms with Gasteiger partial charge in [0, 0.05) is 23.4 Å². The van der Waals surface area contributed by atoms with Gasteiger partial charge in [-0.1, -0.05) is 13.8 Å². The quantitative estimate of drug-likeness (QED) is 0.632. The maximum atomic E-state index is 10.7. The number of non-ortho nitro benzene ring substituents is 1. The lowest BCUT2D eigenvalue weighted by Gasteiger charge is -2.07. The zero-order valence-electron chi connectivity index (χ0n) is 9.54. The maximum Gasteiger partial charge on any atom is 0.271 e. The number of anilines is 1. The molecule has 0 aliphatic heterocycles. The van der Waals surface area contributed by atoms with Gasteiger partial charge >= 0.3 is 0 Å². The summed E-state index contributed by atoms with van der Waals surface area (Å²) < 4.78 is 0. The van der Waals surface area contributed by atoms with Crippen LogP contribution in [0.5, 0.6) is 0 Å². The van der Waals surface area contributed by atoms with Gasteiger partial charge in [0.1, 0.15) is 11.6 Å². The Morgan fingerprint density at radius 3 is 2.65 bits per heavy atom. The summed E-state index contributed by atoms with van der Waals surface area (Å²) in [6.07, 6.45) is 0. The van der Waals surface area contributed by atoms with Crippen LogP contribution in [0.2, 0.25) is 0 Å². The van der Waals surface area contributed by atoms with Crippen molar-refractivity contribution in [3.05, 3.63) is 34.1 Å². The number of aromatic nitrogens is 2. The Bertz CT molecular complexity index is 595. The molecule has 1 aromatic heterocycles. The van der Waals surface area contributed by atoms with Crippen LogP contribution in [0.4, 0.5) is 11.5 Å². The molecule has 2 N–H and O–H groups in total. The highest BCUT2D eigenvalue weighted by Crippen LogP contribution is 2.24. The number of nitrogen functional groups attached to an aromatic ring is 1. The van der Waals surface area contributed by atoms with E-state index in [0.717, 1.165) is 0 Å². The summed E-state index contributed by atoms with van der Waals surface area (Å²) in [4.78, 5) is 18.7. The number of nitro benzene ring substituents is 1. The average molecular weight is 232 g/mol. The Morgan fingerprint density at radius 2 is 2.06 bits per heavy atom. The van der Waals surface area contributed by atoms with E-state index in [9.17, 15) is 10.1 Å². The van der Waals surface area contributed by atoms with Crippen molar-refractivity contribution in [1.29, 1.82) is 0 Å². The zero-order valence-corrected chi connectivity index (χ0v) is 9.54. The monoisotopic (exact) mass is 232 g/mol. The standard InChI is InChI=1S/C11H12N4O2/c1-6(2)11-13-9-5-7(15(16)17)3-4-8(9)10(12)14-11/h3-6H,1-2H3,(H2,12,13,14). The van der Waals surface area contributed by atoms with Crippen molar-refractivity contribution in [2.24, 2.45) is 0 Å². The van der Waals surface area contributed by atoms with Crippen LogP contribution < -0.4 is 5.73 Å². The fourth-order valence-corrected chi connectivity index (χ4v) is 1.53. The van der Waals surface area contributed by atoms with Crippen LogP contribution in [-0.2, 0) is 0 Å². The summed E-state index contributed by atoms with van der Waals surface area (Å²) in [5.41, 5.74) is 6.31. The molecule has 0 aliphatic carbocycles. The average Bonchev–Trinajstić information content (AvgIpc) is 2.27. The minimum absolute atomic E-state index is 0.00491. The fourth-order valence-electron chi connectivity index (χ4n) is 1.53. The first-order chi connectivity index (χ1) is 7.99. The molecule has 2 rings (SSSR count). The second-order valence-electron chi connectivity index (χ2n) is 4.08. The second kappa shape index (κ2) is 3.97. The second-order valence-corrected chi connectivity index (χ2v) is 4.08. The van der Waals surface area contributed by atoms with E-state index in [1.807, 2.05) is 13.8 Å². The van der Waals surface area contributed by atoms with Crippen LogP contribution in [0.25, 0.3) is 10.9 Å². The van der Waals surface area contributed by atoms with Crippen molar-refractivity contribution in [2.45, 2.75) is 19.8 Å². The van der Waals surface area contributed by atoms with Gasteiger partial charge in [-0.2, -0.15) is 0 Å². The molecule has 17 heavy (non-hydrogen) atoms. The highest BCUT2D eigenvalue weighted by Gasteiger charge is 2.12. The predicted molar refractivity (Wildman–Crippen MR) is 64.7 cm³/mol. The van der Waals surface area contributed by atoms with Crippen LogP contribution in [-0.4, -0.2) is 14.9 Å². The molecule has 88 valence electrons. The van der Waals surface area contributed by atoms with Gasteiger partial charge in [0.2, 0.25) is 0 Å². The van der Waals surface area contributed by atoms with Crippen LogP contribution in [0, 0.1) is 10.1 Å². The first-order valence-electron chi connectivity index (χ1n) is 5.20. The van der Waals surface area contributed by atoms with Crippen molar-refractivity contribution in [1.82, 2.24) is 9.97 Å². The van der Waals surface area contributed by atoms with Crippen LogP contribution >= 0.6 is 0 Å². The van der Waals surface area contributed by atoms with Crippen molar-refractivity contribution < 1.29 is 4.92 Å². The highest BCUT2D eigenvalue weighted by atomic mass is 16.6. The molecule has 0 aliphatic rings. The van der Waals surface area contributed by atoms with E-state index in [-0.39, 0.29) is 11.6 Å². The number of fused-ring (bicyclic) bond motifs is 1. The molecule has 6 nitrogen and oxygen atoms in total. The molecule has 1 heterocycles. The lowest BCUT2D eigenvalue weighted by Crippen LogP contribution is -2.02. The predicted octanol–water partition coefficient (Wildman–Crippen LogP) is 2.24. The Hall–Kier alpha value is -2.24. The molecule has 2 aromatic rings. The first-order valence-corrected chi connectivity index (χ1v) is 5.20. The number of hydrogen-bond acceptors (Lipinski definition) is 5. The highest BCUT2D eigenvalue weighted by molar-refractivity contribution is 5.89.